The summed E-state index contributed by atoms with van der Waals surface area (Å²) in [4.78, 5) is 16.9. The first-order valence-corrected chi connectivity index (χ1v) is 17.9. The minimum absolute atomic E-state index is 0. The average Bonchev–Trinajstić information content (AvgIpc) is 2.97. The average molecular weight is 888 g/mol. The van der Waals surface area contributed by atoms with Gasteiger partial charge in [-0.1, -0.05) is 12.1 Å². The molecular formula is C30H36F12N6OP2Ru. The van der Waals surface area contributed by atoms with E-state index in [0.717, 1.165) is 36.0 Å². The largest absolute Gasteiger partial charge is 2.00 e. The fraction of sp³-hybridized carbons (Fsp3) is 0.267. The van der Waals surface area contributed by atoms with Crippen molar-refractivity contribution in [3.05, 3.63) is 96.6 Å². The van der Waals surface area contributed by atoms with E-state index in [0.29, 0.717) is 0 Å². The van der Waals surface area contributed by atoms with Gasteiger partial charge in [0.1, 0.15) is 0 Å². The first kappa shape index (κ1) is 54.9. The Morgan fingerprint density at radius 3 is 0.942 bits per heavy atom. The zero-order chi connectivity index (χ0) is 40.5. The molecule has 0 aromatic carbocycles. The predicted octanol–water partition coefficient (Wildman–Crippen LogP) is 13.8. The molecule has 4 rings (SSSR count). The van der Waals surface area contributed by atoms with E-state index in [2.05, 4.69) is 33.8 Å². The molecule has 0 atom stereocenters. The number of nitrogens with zero attached hydrogens (tertiary/aromatic N) is 6. The molecule has 0 bridgehead atoms. The molecule has 0 fully saturated rings. The van der Waals surface area contributed by atoms with Gasteiger partial charge in [-0.25, -0.2) is 0 Å². The van der Waals surface area contributed by atoms with E-state index >= 15 is 0 Å². The summed E-state index contributed by atoms with van der Waals surface area (Å²) in [6.07, 6.45) is 7.16. The number of hydrogen-bond acceptors (Lipinski definition) is 7. The maximum atomic E-state index is 9.87. The van der Waals surface area contributed by atoms with Gasteiger partial charge in [-0.3, -0.25) is 19.9 Å². The minimum atomic E-state index is -10.7. The smallest absolute Gasteiger partial charge is 0.255 e. The molecule has 294 valence electrons. The molecule has 0 saturated carbocycles. The van der Waals surface area contributed by atoms with Gasteiger partial charge < -0.3 is 4.74 Å². The summed E-state index contributed by atoms with van der Waals surface area (Å²) in [6, 6.07) is 23.2. The molecule has 0 amide bonds. The van der Waals surface area contributed by atoms with Gasteiger partial charge >= 0.3 is 85.5 Å². The van der Waals surface area contributed by atoms with Crippen LogP contribution in [0.1, 0.15) is 38.8 Å². The zero-order valence-corrected chi connectivity index (χ0v) is 31.9. The first-order valence-electron chi connectivity index (χ1n) is 13.9. The number of hydrogen-bond donors (Lipinski definition) is 0. The molecule has 0 saturated heterocycles. The molecule has 4 aromatic rings. The Kier molecular flexibility index (Phi) is 23.6. The molecule has 0 spiro atoms. The summed E-state index contributed by atoms with van der Waals surface area (Å²) in [5.74, 6) is 0. The number of pyridine rings is 4. The maximum absolute atomic E-state index is 10.7. The van der Waals surface area contributed by atoms with Gasteiger partial charge in [-0.05, 0) is 87.4 Å². The van der Waals surface area contributed by atoms with Crippen molar-refractivity contribution in [1.29, 1.82) is 10.5 Å². The second-order valence-electron chi connectivity index (χ2n) is 9.01. The van der Waals surface area contributed by atoms with Crippen molar-refractivity contribution in [3.63, 3.8) is 0 Å². The summed E-state index contributed by atoms with van der Waals surface area (Å²) in [5.41, 5.74) is 6.12. The van der Waals surface area contributed by atoms with Crippen LogP contribution in [0.2, 0.25) is 0 Å². The van der Waals surface area contributed by atoms with Crippen molar-refractivity contribution in [3.8, 4) is 34.9 Å². The van der Waals surface area contributed by atoms with Crippen LogP contribution in [0.4, 0.5) is 50.4 Å². The molecule has 4 aromatic heterocycles. The van der Waals surface area contributed by atoms with Gasteiger partial charge in [0.2, 0.25) is 0 Å². The quantitative estimate of drug-likeness (QED) is 0.114. The van der Waals surface area contributed by atoms with Crippen molar-refractivity contribution in [2.45, 2.75) is 41.5 Å². The van der Waals surface area contributed by atoms with Crippen molar-refractivity contribution >= 4 is 15.6 Å². The fourth-order valence-electron chi connectivity index (χ4n) is 2.59. The van der Waals surface area contributed by atoms with E-state index in [1.807, 2.05) is 86.9 Å². The van der Waals surface area contributed by atoms with E-state index in [1.165, 1.54) is 25.0 Å². The van der Waals surface area contributed by atoms with Crippen LogP contribution in [-0.2, 0) is 24.2 Å². The molecule has 0 N–H and O–H groups in total. The molecule has 0 aliphatic rings. The van der Waals surface area contributed by atoms with Crippen LogP contribution in [0.25, 0.3) is 22.8 Å². The Bertz CT molecular complexity index is 1500. The number of aromatic nitrogens is 4. The van der Waals surface area contributed by atoms with Crippen LogP contribution in [0, 0.1) is 36.5 Å². The summed E-state index contributed by atoms with van der Waals surface area (Å²) < 4.78 is 123. The van der Waals surface area contributed by atoms with Crippen LogP contribution in [-0.4, -0.2) is 33.1 Å². The third kappa shape index (κ3) is 53.0. The van der Waals surface area contributed by atoms with Gasteiger partial charge in [0, 0.05) is 51.8 Å². The summed E-state index contributed by atoms with van der Waals surface area (Å²) >= 11 is 0. The summed E-state index contributed by atoms with van der Waals surface area (Å²) in [7, 11) is -21.3. The van der Waals surface area contributed by atoms with E-state index < -0.39 is 15.6 Å². The van der Waals surface area contributed by atoms with E-state index in [-0.39, 0.29) is 19.5 Å². The van der Waals surface area contributed by atoms with Crippen LogP contribution < -0.4 is 0 Å². The molecule has 0 radical (unpaired) electrons. The van der Waals surface area contributed by atoms with E-state index in [4.69, 9.17) is 15.3 Å². The molecule has 4 heterocycles. The number of aryl methyl sites for hydroxylation is 2. The topological polar surface area (TPSA) is 108 Å². The second-order valence-corrected chi connectivity index (χ2v) is 12.8. The molecule has 0 unspecified atom stereocenters. The standard InChI is InChI=1S/C12H12N2.C10H8N2.C4H10O.2C2H3N.2F6P.Ru/c1-9-3-5-13-11(7-9)12-8-10(2)4-6-14-12;1-3-7-11-9(5-1)10-6-2-4-8-12-10;1-3-5-4-2;2*1-2-3;2*1-7(2,3,4,5)6;/h3-8H,1-2H3;1-8H;3-4H2,1-2H3;2*1H3;;;/q;;;;;2*-1;+2. The van der Waals surface area contributed by atoms with E-state index in [9.17, 15) is 50.4 Å². The molecule has 52 heavy (non-hydrogen) atoms. The number of ether oxygens (including phenoxy) is 1. The molecule has 0 aliphatic heterocycles. The molecule has 0 aliphatic carbocycles. The van der Waals surface area contributed by atoms with Crippen LogP contribution >= 0.6 is 15.6 Å². The number of halogens is 12. The summed E-state index contributed by atoms with van der Waals surface area (Å²) in [6.45, 7) is 12.6. The number of nitriles is 2. The zero-order valence-electron chi connectivity index (χ0n) is 28.4. The van der Waals surface area contributed by atoms with Gasteiger partial charge in [-0.2, -0.15) is 10.5 Å². The van der Waals surface area contributed by atoms with Gasteiger partial charge in [-0.15, -0.1) is 0 Å². The monoisotopic (exact) mass is 888 g/mol. The van der Waals surface area contributed by atoms with E-state index in [1.54, 1.807) is 24.5 Å². The van der Waals surface area contributed by atoms with Crippen LogP contribution in [0.3, 0.4) is 0 Å². The Morgan fingerprint density at radius 1 is 0.519 bits per heavy atom. The minimum Gasteiger partial charge on any atom is -0.255 e. The van der Waals surface area contributed by atoms with Gasteiger partial charge in [0.25, 0.3) is 0 Å². The third-order valence-corrected chi connectivity index (χ3v) is 4.09. The predicted molar refractivity (Wildman–Crippen MR) is 176 cm³/mol. The SMILES string of the molecule is CC#N.CC#N.CCOCC.Cc1ccnc(-c2cc(C)ccn2)c1.F[P-](F)(F)(F)(F)F.F[P-](F)(F)(F)(F)F.[Ru+2].c1ccc(-c2ccccn2)nc1. The van der Waals surface area contributed by atoms with Crippen molar-refractivity contribution in [2.24, 2.45) is 0 Å². The summed E-state index contributed by atoms with van der Waals surface area (Å²) in [5, 5.41) is 14.6. The molecular weight excluding hydrogens is 851 g/mol. The van der Waals surface area contributed by atoms with Crippen molar-refractivity contribution in [2.75, 3.05) is 13.2 Å². The van der Waals surface area contributed by atoms with Crippen molar-refractivity contribution in [1.82, 2.24) is 19.9 Å². The Labute approximate surface area is 306 Å². The first-order chi connectivity index (χ1) is 22.9. The Morgan fingerprint density at radius 2 is 0.769 bits per heavy atom. The molecule has 22 heteroatoms. The maximum Gasteiger partial charge on any atom is 2.00 e. The third-order valence-electron chi connectivity index (χ3n) is 4.09. The Hall–Kier alpha value is -3.82. The fourth-order valence-corrected chi connectivity index (χ4v) is 2.59. The normalized spacial score (nSPS) is 12.3. The van der Waals surface area contributed by atoms with Crippen molar-refractivity contribution < 1.29 is 74.6 Å². The Balaban J connectivity index is -0.000000277. The van der Waals surface area contributed by atoms with Gasteiger partial charge in [0.15, 0.2) is 0 Å². The van der Waals surface area contributed by atoms with Crippen LogP contribution in [0.5, 0.6) is 0 Å². The second kappa shape index (κ2) is 22.3. The number of rotatable bonds is 4. The molecule has 7 nitrogen and oxygen atoms in total. The van der Waals surface area contributed by atoms with Gasteiger partial charge in [0.05, 0.1) is 34.9 Å². The van der Waals surface area contributed by atoms with Crippen LogP contribution in [0.15, 0.2) is 85.5 Å².